The second-order valence-electron chi connectivity index (χ2n) is 5.48. The summed E-state index contributed by atoms with van der Waals surface area (Å²) in [5.74, 6) is 0.420. The maximum Gasteiger partial charge on any atom is 0.255 e. The lowest BCUT2D eigenvalue weighted by molar-refractivity contribution is 0.101. The van der Waals surface area contributed by atoms with Crippen LogP contribution in [0.1, 0.15) is 47.1 Å². The molecule has 0 unspecified atom stereocenters. The van der Waals surface area contributed by atoms with E-state index in [0.29, 0.717) is 42.4 Å². The summed E-state index contributed by atoms with van der Waals surface area (Å²) in [5, 5.41) is 2.82. The van der Waals surface area contributed by atoms with Crippen molar-refractivity contribution in [3.8, 4) is 5.75 Å². The van der Waals surface area contributed by atoms with Gasteiger partial charge in [0.1, 0.15) is 5.75 Å². The van der Waals surface area contributed by atoms with E-state index in [4.69, 9.17) is 9.47 Å². The van der Waals surface area contributed by atoms with E-state index < -0.39 is 0 Å². The van der Waals surface area contributed by atoms with Crippen molar-refractivity contribution in [2.24, 2.45) is 0 Å². The minimum atomic E-state index is -0.249. The van der Waals surface area contributed by atoms with Crippen molar-refractivity contribution >= 4 is 17.4 Å². The molecule has 2 aromatic rings. The molecule has 0 aromatic heterocycles. The van der Waals surface area contributed by atoms with E-state index >= 15 is 0 Å². The highest BCUT2D eigenvalue weighted by Crippen LogP contribution is 2.22. The lowest BCUT2D eigenvalue weighted by Crippen LogP contribution is -2.13. The van der Waals surface area contributed by atoms with Crippen molar-refractivity contribution in [2.45, 2.75) is 27.4 Å². The molecule has 0 aliphatic rings. The number of ether oxygens (including phenoxy) is 2. The third-order valence-corrected chi connectivity index (χ3v) is 3.61. The Morgan fingerprint density at radius 2 is 1.80 bits per heavy atom. The molecule has 25 heavy (non-hydrogen) atoms. The molecule has 5 nitrogen and oxygen atoms in total. The van der Waals surface area contributed by atoms with Crippen LogP contribution in [0.2, 0.25) is 0 Å². The molecule has 2 aromatic carbocycles. The second-order valence-corrected chi connectivity index (χ2v) is 5.48. The minimum Gasteiger partial charge on any atom is -0.494 e. The lowest BCUT2D eigenvalue weighted by atomic mass is 10.1. The van der Waals surface area contributed by atoms with E-state index in [2.05, 4.69) is 5.32 Å². The number of ketones is 1. The predicted molar refractivity (Wildman–Crippen MR) is 97.3 cm³/mol. The zero-order chi connectivity index (χ0) is 18.2. The Hall–Kier alpha value is -2.66. The maximum atomic E-state index is 12.5. The first-order valence-electron chi connectivity index (χ1n) is 8.31. The van der Waals surface area contributed by atoms with Crippen molar-refractivity contribution in [1.29, 1.82) is 0 Å². The van der Waals surface area contributed by atoms with Crippen LogP contribution in [0.4, 0.5) is 5.69 Å². The van der Waals surface area contributed by atoms with Crippen molar-refractivity contribution < 1.29 is 19.1 Å². The van der Waals surface area contributed by atoms with Crippen LogP contribution in [0, 0.1) is 0 Å². The van der Waals surface area contributed by atoms with Gasteiger partial charge >= 0.3 is 0 Å². The first kappa shape index (κ1) is 18.7. The average molecular weight is 341 g/mol. The SMILES string of the molecule is CCOCc1cc(C(=O)Nc2cccc(C(C)=O)c2)ccc1OCC. The summed E-state index contributed by atoms with van der Waals surface area (Å²) in [6, 6.07) is 12.1. The fraction of sp³-hybridized carbons (Fsp3) is 0.300. The number of carbonyl (C=O) groups excluding carboxylic acids is 2. The van der Waals surface area contributed by atoms with Gasteiger partial charge in [0, 0.05) is 29.0 Å². The summed E-state index contributed by atoms with van der Waals surface area (Å²) >= 11 is 0. The molecule has 0 radical (unpaired) electrons. The van der Waals surface area contributed by atoms with Crippen molar-refractivity contribution in [2.75, 3.05) is 18.5 Å². The lowest BCUT2D eigenvalue weighted by Gasteiger charge is -2.12. The Balaban J connectivity index is 2.20. The van der Waals surface area contributed by atoms with Crippen LogP contribution < -0.4 is 10.1 Å². The van der Waals surface area contributed by atoms with Gasteiger partial charge in [-0.3, -0.25) is 9.59 Å². The van der Waals surface area contributed by atoms with Gasteiger partial charge in [0.25, 0.3) is 5.91 Å². The van der Waals surface area contributed by atoms with Crippen molar-refractivity contribution in [3.63, 3.8) is 0 Å². The summed E-state index contributed by atoms with van der Waals surface area (Å²) < 4.78 is 11.0. The number of Topliss-reactive ketones (excluding diaryl/α,β-unsaturated/α-hetero) is 1. The highest BCUT2D eigenvalue weighted by molar-refractivity contribution is 6.05. The Morgan fingerprint density at radius 3 is 2.48 bits per heavy atom. The molecule has 0 saturated carbocycles. The molecule has 0 heterocycles. The Labute approximate surface area is 148 Å². The smallest absolute Gasteiger partial charge is 0.255 e. The number of rotatable bonds is 8. The molecule has 2 rings (SSSR count). The summed E-state index contributed by atoms with van der Waals surface area (Å²) in [6.07, 6.45) is 0. The Kier molecular flexibility index (Phi) is 6.71. The van der Waals surface area contributed by atoms with Gasteiger partial charge in [-0.25, -0.2) is 0 Å². The first-order valence-corrected chi connectivity index (χ1v) is 8.31. The van der Waals surface area contributed by atoms with Crippen LogP contribution in [-0.2, 0) is 11.3 Å². The van der Waals surface area contributed by atoms with Gasteiger partial charge in [0.2, 0.25) is 0 Å². The standard InChI is InChI=1S/C20H23NO4/c1-4-24-13-17-11-16(9-10-19(17)25-5-2)20(23)21-18-8-6-7-15(12-18)14(3)22/h6-12H,4-5,13H2,1-3H3,(H,21,23). The predicted octanol–water partition coefficient (Wildman–Crippen LogP) is 4.08. The highest BCUT2D eigenvalue weighted by atomic mass is 16.5. The van der Waals surface area contributed by atoms with Crippen LogP contribution in [-0.4, -0.2) is 24.9 Å². The van der Waals surface area contributed by atoms with Gasteiger partial charge in [0.15, 0.2) is 5.78 Å². The largest absolute Gasteiger partial charge is 0.494 e. The molecule has 0 aliphatic carbocycles. The third-order valence-electron chi connectivity index (χ3n) is 3.61. The van der Waals surface area contributed by atoms with Crippen LogP contribution >= 0.6 is 0 Å². The number of amides is 1. The maximum absolute atomic E-state index is 12.5. The van der Waals surface area contributed by atoms with E-state index in [1.807, 2.05) is 13.8 Å². The Bertz CT molecular complexity index is 755. The van der Waals surface area contributed by atoms with Gasteiger partial charge in [-0.05, 0) is 51.1 Å². The first-order chi connectivity index (χ1) is 12.0. The fourth-order valence-corrected chi connectivity index (χ4v) is 2.36. The zero-order valence-corrected chi connectivity index (χ0v) is 14.8. The number of hydrogen-bond donors (Lipinski definition) is 1. The molecular formula is C20H23NO4. The van der Waals surface area contributed by atoms with Crippen LogP contribution in [0.3, 0.4) is 0 Å². The summed E-state index contributed by atoms with van der Waals surface area (Å²) in [5.41, 5.74) is 2.47. The zero-order valence-electron chi connectivity index (χ0n) is 14.8. The molecule has 5 heteroatoms. The molecule has 0 fully saturated rings. The van der Waals surface area contributed by atoms with Crippen molar-refractivity contribution in [3.05, 3.63) is 59.2 Å². The molecule has 0 atom stereocenters. The van der Waals surface area contributed by atoms with Gasteiger partial charge in [-0.15, -0.1) is 0 Å². The van der Waals surface area contributed by atoms with Gasteiger partial charge < -0.3 is 14.8 Å². The second kappa shape index (κ2) is 8.99. The number of anilines is 1. The normalized spacial score (nSPS) is 10.4. The topological polar surface area (TPSA) is 64.6 Å². The van der Waals surface area contributed by atoms with Crippen LogP contribution in [0.5, 0.6) is 5.75 Å². The molecule has 0 aliphatic heterocycles. The van der Waals surface area contributed by atoms with E-state index in [-0.39, 0.29) is 11.7 Å². The number of hydrogen-bond acceptors (Lipinski definition) is 4. The number of benzene rings is 2. The van der Waals surface area contributed by atoms with Gasteiger partial charge in [0.05, 0.1) is 13.2 Å². The molecule has 0 spiro atoms. The van der Waals surface area contributed by atoms with Crippen LogP contribution in [0.25, 0.3) is 0 Å². The molecule has 1 N–H and O–H groups in total. The molecule has 0 bridgehead atoms. The molecule has 0 saturated heterocycles. The monoisotopic (exact) mass is 341 g/mol. The number of nitrogens with one attached hydrogen (secondary N) is 1. The van der Waals surface area contributed by atoms with E-state index in [0.717, 1.165) is 5.56 Å². The van der Waals surface area contributed by atoms with Gasteiger partial charge in [-0.2, -0.15) is 0 Å². The highest BCUT2D eigenvalue weighted by Gasteiger charge is 2.12. The summed E-state index contributed by atoms with van der Waals surface area (Å²) in [4.78, 5) is 24.0. The van der Waals surface area contributed by atoms with E-state index in [1.165, 1.54) is 6.92 Å². The summed E-state index contributed by atoms with van der Waals surface area (Å²) in [6.45, 7) is 6.83. The van der Waals surface area contributed by atoms with E-state index in [1.54, 1.807) is 42.5 Å². The molecular weight excluding hydrogens is 318 g/mol. The Morgan fingerprint density at radius 1 is 1.00 bits per heavy atom. The quantitative estimate of drug-likeness (QED) is 0.735. The average Bonchev–Trinajstić information content (AvgIpc) is 2.61. The van der Waals surface area contributed by atoms with Gasteiger partial charge in [-0.1, -0.05) is 12.1 Å². The van der Waals surface area contributed by atoms with Crippen molar-refractivity contribution in [1.82, 2.24) is 0 Å². The minimum absolute atomic E-state index is 0.0452. The molecule has 132 valence electrons. The number of carbonyl (C=O) groups is 2. The summed E-state index contributed by atoms with van der Waals surface area (Å²) in [7, 11) is 0. The van der Waals surface area contributed by atoms with E-state index in [9.17, 15) is 9.59 Å². The van der Waals surface area contributed by atoms with Crippen LogP contribution in [0.15, 0.2) is 42.5 Å². The molecule has 1 amide bonds. The fourth-order valence-electron chi connectivity index (χ4n) is 2.36. The third kappa shape index (κ3) is 5.16.